The molecule has 0 atom stereocenters. The quantitative estimate of drug-likeness (QED) is 0.690. The van der Waals surface area contributed by atoms with E-state index in [1.165, 1.54) is 6.07 Å². The van der Waals surface area contributed by atoms with E-state index in [-0.39, 0.29) is 5.91 Å². The highest BCUT2D eigenvalue weighted by molar-refractivity contribution is 6.62. The Morgan fingerprint density at radius 1 is 1.23 bits per heavy atom. The summed E-state index contributed by atoms with van der Waals surface area (Å²) in [6.07, 6.45) is 0. The van der Waals surface area contributed by atoms with E-state index in [2.05, 4.69) is 11.9 Å². The summed E-state index contributed by atoms with van der Waals surface area (Å²) in [5.74, 6) is -0.833. The normalized spacial score (nSPS) is 19.1. The van der Waals surface area contributed by atoms with Gasteiger partial charge in [0.05, 0.1) is 11.2 Å². The average molecular weight is 305 g/mol. The Balaban J connectivity index is 2.21. The van der Waals surface area contributed by atoms with Crippen LogP contribution >= 0.6 is 0 Å². The zero-order chi connectivity index (χ0) is 16.7. The lowest BCUT2D eigenvalue weighted by molar-refractivity contribution is -0.112. The molecule has 4 nitrogen and oxygen atoms in total. The number of amides is 1. The first-order chi connectivity index (χ1) is 10.0. The van der Waals surface area contributed by atoms with Crippen molar-refractivity contribution in [2.45, 2.75) is 45.8 Å². The Morgan fingerprint density at radius 2 is 1.77 bits per heavy atom. The molecular formula is C16H21BFNO3. The number of hydrogen-bond acceptors (Lipinski definition) is 3. The van der Waals surface area contributed by atoms with Crippen LogP contribution in [-0.4, -0.2) is 24.2 Å². The molecule has 0 radical (unpaired) electrons. The van der Waals surface area contributed by atoms with E-state index in [0.29, 0.717) is 16.7 Å². The van der Waals surface area contributed by atoms with Crippen LogP contribution in [0.3, 0.4) is 0 Å². The van der Waals surface area contributed by atoms with Crippen molar-refractivity contribution < 1.29 is 18.5 Å². The molecule has 1 amide bonds. The summed E-state index contributed by atoms with van der Waals surface area (Å²) in [5.41, 5.74) is -0.0263. The van der Waals surface area contributed by atoms with Crippen LogP contribution in [0.15, 0.2) is 30.4 Å². The smallest absolute Gasteiger partial charge is 0.399 e. The molecule has 0 unspecified atom stereocenters. The van der Waals surface area contributed by atoms with E-state index in [9.17, 15) is 9.18 Å². The van der Waals surface area contributed by atoms with E-state index in [4.69, 9.17) is 9.31 Å². The van der Waals surface area contributed by atoms with Gasteiger partial charge in [0, 0.05) is 16.7 Å². The Kier molecular flexibility index (Phi) is 4.19. The molecule has 6 heteroatoms. The molecule has 0 bridgehead atoms. The number of rotatable bonds is 3. The first kappa shape index (κ1) is 16.7. The molecule has 0 spiro atoms. The third-order valence-electron chi connectivity index (χ3n) is 4.15. The van der Waals surface area contributed by atoms with Gasteiger partial charge in [-0.05, 0) is 46.8 Å². The minimum atomic E-state index is -0.768. The fourth-order valence-corrected chi connectivity index (χ4v) is 2.00. The zero-order valence-electron chi connectivity index (χ0n) is 13.6. The molecule has 1 aliphatic rings. The molecule has 1 aliphatic heterocycles. The number of carbonyl (C=O) groups is 1. The molecule has 1 saturated heterocycles. The largest absolute Gasteiger partial charge is 0.497 e. The van der Waals surface area contributed by atoms with Gasteiger partial charge in [0.1, 0.15) is 5.82 Å². The number of hydrogen-bond donors (Lipinski definition) is 1. The first-order valence-electron chi connectivity index (χ1n) is 7.15. The van der Waals surface area contributed by atoms with Crippen molar-refractivity contribution in [2.24, 2.45) is 0 Å². The summed E-state index contributed by atoms with van der Waals surface area (Å²) < 4.78 is 26.0. The summed E-state index contributed by atoms with van der Waals surface area (Å²) in [6.45, 7) is 12.8. The number of carbonyl (C=O) groups excluding carboxylic acids is 1. The van der Waals surface area contributed by atoms with Crippen LogP contribution in [-0.2, 0) is 14.1 Å². The van der Waals surface area contributed by atoms with Gasteiger partial charge in [0.2, 0.25) is 0 Å². The Bertz CT molecular complexity index is 612. The van der Waals surface area contributed by atoms with Crippen molar-refractivity contribution in [3.05, 3.63) is 36.2 Å². The van der Waals surface area contributed by atoms with Crippen LogP contribution in [0.2, 0.25) is 0 Å². The average Bonchev–Trinajstić information content (AvgIpc) is 2.58. The first-order valence-corrected chi connectivity index (χ1v) is 7.15. The Hall–Kier alpha value is -1.66. The van der Waals surface area contributed by atoms with Gasteiger partial charge in [-0.3, -0.25) is 4.79 Å². The van der Waals surface area contributed by atoms with Crippen molar-refractivity contribution >= 4 is 24.2 Å². The number of nitrogens with one attached hydrogen (secondary N) is 1. The molecule has 2 rings (SSSR count). The number of halogens is 1. The molecule has 0 aromatic heterocycles. The van der Waals surface area contributed by atoms with Crippen LogP contribution < -0.4 is 10.8 Å². The van der Waals surface area contributed by atoms with Crippen molar-refractivity contribution in [2.75, 3.05) is 5.32 Å². The maximum atomic E-state index is 14.3. The molecule has 0 saturated carbocycles. The third-order valence-corrected chi connectivity index (χ3v) is 4.15. The van der Waals surface area contributed by atoms with E-state index < -0.39 is 24.1 Å². The predicted molar refractivity (Wildman–Crippen MR) is 85.6 cm³/mol. The van der Waals surface area contributed by atoms with Gasteiger partial charge in [0.25, 0.3) is 5.91 Å². The van der Waals surface area contributed by atoms with Gasteiger partial charge >= 0.3 is 7.12 Å². The lowest BCUT2D eigenvalue weighted by Gasteiger charge is -2.32. The van der Waals surface area contributed by atoms with E-state index in [1.807, 2.05) is 27.7 Å². The van der Waals surface area contributed by atoms with Crippen molar-refractivity contribution in [3.8, 4) is 0 Å². The zero-order valence-corrected chi connectivity index (χ0v) is 13.6. The second-order valence-corrected chi connectivity index (χ2v) is 6.56. The molecule has 1 aromatic rings. The lowest BCUT2D eigenvalue weighted by Crippen LogP contribution is -2.41. The minimum absolute atomic E-state index is 0.312. The van der Waals surface area contributed by atoms with E-state index >= 15 is 0 Å². The Labute approximate surface area is 130 Å². The van der Waals surface area contributed by atoms with Crippen LogP contribution in [0.4, 0.5) is 10.1 Å². The van der Waals surface area contributed by atoms with Crippen LogP contribution in [0.25, 0.3) is 0 Å². The molecule has 118 valence electrons. The number of benzene rings is 1. The second kappa shape index (κ2) is 5.52. The maximum Gasteiger partial charge on any atom is 0.497 e. The summed E-state index contributed by atoms with van der Waals surface area (Å²) in [5, 5.41) is 2.57. The lowest BCUT2D eigenvalue weighted by atomic mass is 9.78. The third kappa shape index (κ3) is 3.08. The summed E-state index contributed by atoms with van der Waals surface area (Å²) >= 11 is 0. The van der Waals surface area contributed by atoms with E-state index in [0.717, 1.165) is 0 Å². The Morgan fingerprint density at radius 3 is 2.23 bits per heavy atom. The molecule has 1 aromatic carbocycles. The van der Waals surface area contributed by atoms with Crippen molar-refractivity contribution in [1.82, 2.24) is 0 Å². The maximum absolute atomic E-state index is 14.3. The van der Waals surface area contributed by atoms with Crippen LogP contribution in [0, 0.1) is 5.82 Å². The topological polar surface area (TPSA) is 47.6 Å². The molecule has 1 heterocycles. The van der Waals surface area contributed by atoms with Crippen LogP contribution in [0.1, 0.15) is 34.6 Å². The monoisotopic (exact) mass is 305 g/mol. The fraction of sp³-hybridized carbons (Fsp3) is 0.438. The van der Waals surface area contributed by atoms with Gasteiger partial charge in [-0.25, -0.2) is 4.39 Å². The van der Waals surface area contributed by atoms with Gasteiger partial charge in [-0.2, -0.15) is 0 Å². The molecule has 1 fully saturated rings. The highest BCUT2D eigenvalue weighted by Gasteiger charge is 2.52. The molecule has 1 N–H and O–H groups in total. The summed E-state index contributed by atoms with van der Waals surface area (Å²) in [4.78, 5) is 11.6. The highest BCUT2D eigenvalue weighted by Crippen LogP contribution is 2.36. The minimum Gasteiger partial charge on any atom is -0.399 e. The SMILES string of the molecule is C=C(C)C(=O)Nc1ccc(B2OC(C)(C)C(C)(C)O2)c(F)c1. The standard InChI is InChI=1S/C16H21BFNO3/c1-10(2)14(20)19-11-7-8-12(13(18)9-11)17-21-15(3,4)16(5,6)22-17/h7-9H,1H2,2-6H3,(H,19,20). The van der Waals surface area contributed by atoms with Crippen LogP contribution in [0.5, 0.6) is 0 Å². The van der Waals surface area contributed by atoms with Gasteiger partial charge in [0.15, 0.2) is 0 Å². The van der Waals surface area contributed by atoms with Crippen molar-refractivity contribution in [3.63, 3.8) is 0 Å². The molecular weight excluding hydrogens is 284 g/mol. The number of anilines is 1. The highest BCUT2D eigenvalue weighted by atomic mass is 19.1. The predicted octanol–water partition coefficient (Wildman–Crippen LogP) is 2.64. The molecule has 22 heavy (non-hydrogen) atoms. The van der Waals surface area contributed by atoms with Gasteiger partial charge in [-0.15, -0.1) is 0 Å². The molecule has 0 aliphatic carbocycles. The van der Waals surface area contributed by atoms with Crippen molar-refractivity contribution in [1.29, 1.82) is 0 Å². The second-order valence-electron chi connectivity index (χ2n) is 6.56. The summed E-state index contributed by atoms with van der Waals surface area (Å²) in [7, 11) is -0.768. The van der Waals surface area contributed by atoms with Gasteiger partial charge < -0.3 is 14.6 Å². The van der Waals surface area contributed by atoms with E-state index in [1.54, 1.807) is 19.1 Å². The van der Waals surface area contributed by atoms with Gasteiger partial charge in [-0.1, -0.05) is 12.6 Å². The summed E-state index contributed by atoms with van der Waals surface area (Å²) in [6, 6.07) is 4.43. The fourth-order valence-electron chi connectivity index (χ4n) is 2.00.